The van der Waals surface area contributed by atoms with E-state index in [1.807, 2.05) is 0 Å². The minimum absolute atomic E-state index is 0.0290. The van der Waals surface area contributed by atoms with Crippen LogP contribution in [0.15, 0.2) is 73.1 Å². The molecule has 0 spiro atoms. The molecule has 0 unspecified atom stereocenters. The van der Waals surface area contributed by atoms with E-state index in [-0.39, 0.29) is 17.3 Å². The first-order valence-corrected chi connectivity index (χ1v) is 10.3. The third kappa shape index (κ3) is 5.55. The van der Waals surface area contributed by atoms with Gasteiger partial charge in [-0.1, -0.05) is 24.3 Å². The Bertz CT molecular complexity index is 1480. The number of anilines is 2. The highest BCUT2D eigenvalue weighted by atomic mass is 19.4. The van der Waals surface area contributed by atoms with Crippen molar-refractivity contribution in [2.45, 2.75) is 6.18 Å². The number of alkyl halides is 3. The number of benzene rings is 2. The number of aliphatic carboxylic acids is 1. The monoisotopic (exact) mass is 494 g/mol. The highest BCUT2D eigenvalue weighted by Gasteiger charge is 2.34. The van der Waals surface area contributed by atoms with Crippen LogP contribution >= 0.6 is 0 Å². The Labute approximate surface area is 201 Å². The fraction of sp³-hybridized carbons (Fsp3) is 0.0417. The molecule has 0 radical (unpaired) electrons. The number of rotatable bonds is 7. The quantitative estimate of drug-likeness (QED) is 0.326. The van der Waals surface area contributed by atoms with E-state index in [1.54, 1.807) is 36.4 Å². The maximum atomic E-state index is 13.2. The molecule has 2 aromatic heterocycles. The molecule has 0 saturated carbocycles. The number of carboxylic acid groups (broad SMARTS) is 1. The van der Waals surface area contributed by atoms with Gasteiger partial charge in [0, 0.05) is 35.3 Å². The molecular formula is C24H17F3N6O3. The third-order valence-electron chi connectivity index (χ3n) is 4.88. The van der Waals surface area contributed by atoms with Crippen LogP contribution in [-0.4, -0.2) is 36.7 Å². The number of carbonyl (C=O) groups excluding carboxylic acids is 1. The predicted molar refractivity (Wildman–Crippen MR) is 125 cm³/mol. The van der Waals surface area contributed by atoms with Crippen molar-refractivity contribution >= 4 is 29.6 Å². The lowest BCUT2D eigenvalue weighted by Gasteiger charge is -2.12. The number of hydrogen-bond acceptors (Lipinski definition) is 6. The first kappa shape index (κ1) is 24.1. The van der Waals surface area contributed by atoms with Gasteiger partial charge in [0.25, 0.3) is 0 Å². The van der Waals surface area contributed by atoms with E-state index in [4.69, 9.17) is 10.8 Å². The summed E-state index contributed by atoms with van der Waals surface area (Å²) in [5.74, 6) is -1.70. The van der Waals surface area contributed by atoms with Crippen LogP contribution in [0.3, 0.4) is 0 Å². The molecule has 182 valence electrons. The minimum atomic E-state index is -4.66. The number of nitrogens with zero attached hydrogens (tertiary/aromatic N) is 4. The van der Waals surface area contributed by atoms with E-state index in [1.165, 1.54) is 24.4 Å². The Hall–Kier alpha value is -5.00. The van der Waals surface area contributed by atoms with Crippen LogP contribution in [0.25, 0.3) is 23.0 Å². The maximum Gasteiger partial charge on any atom is 0.435 e. The minimum Gasteiger partial charge on any atom is -0.478 e. The Morgan fingerprint density at radius 1 is 1.08 bits per heavy atom. The van der Waals surface area contributed by atoms with Crippen LogP contribution in [0, 0.1) is 0 Å². The van der Waals surface area contributed by atoms with Gasteiger partial charge >= 0.3 is 12.1 Å². The fourth-order valence-electron chi connectivity index (χ4n) is 3.26. The largest absolute Gasteiger partial charge is 0.478 e. The summed E-state index contributed by atoms with van der Waals surface area (Å²) in [6.07, 6.45) is 0.213. The van der Waals surface area contributed by atoms with Crippen LogP contribution in [0.2, 0.25) is 0 Å². The van der Waals surface area contributed by atoms with Crippen LogP contribution in [0.5, 0.6) is 0 Å². The molecule has 0 aliphatic heterocycles. The predicted octanol–water partition coefficient (Wildman–Crippen LogP) is 4.29. The zero-order chi connectivity index (χ0) is 25.9. The number of primary amides is 1. The highest BCUT2D eigenvalue weighted by Crippen LogP contribution is 2.31. The van der Waals surface area contributed by atoms with Gasteiger partial charge in [0.1, 0.15) is 0 Å². The number of nitrogens with one attached hydrogen (secondary N) is 1. The van der Waals surface area contributed by atoms with Crippen molar-refractivity contribution in [3.05, 3.63) is 89.9 Å². The first-order chi connectivity index (χ1) is 17.1. The summed E-state index contributed by atoms with van der Waals surface area (Å²) < 4.78 is 40.6. The normalized spacial score (nSPS) is 11.5. The summed E-state index contributed by atoms with van der Waals surface area (Å²) in [4.78, 5) is 30.9. The van der Waals surface area contributed by atoms with Gasteiger partial charge in [-0.3, -0.25) is 4.79 Å². The molecule has 12 heteroatoms. The molecule has 0 aliphatic rings. The number of carbonyl (C=O) groups is 2. The van der Waals surface area contributed by atoms with Gasteiger partial charge in [-0.2, -0.15) is 23.3 Å². The number of aromatic nitrogens is 4. The van der Waals surface area contributed by atoms with E-state index >= 15 is 0 Å². The molecule has 2 heterocycles. The second-order valence-corrected chi connectivity index (χ2v) is 7.44. The highest BCUT2D eigenvalue weighted by molar-refractivity contribution is 5.93. The lowest BCUT2D eigenvalue weighted by molar-refractivity contribution is -0.141. The zero-order valence-electron chi connectivity index (χ0n) is 18.3. The Kier molecular flexibility index (Phi) is 6.50. The number of amides is 1. The molecule has 4 aromatic rings. The summed E-state index contributed by atoms with van der Waals surface area (Å²) in [5, 5.41) is 15.4. The number of carboxylic acids is 1. The summed E-state index contributed by atoms with van der Waals surface area (Å²) in [5.41, 5.74) is 6.28. The summed E-state index contributed by atoms with van der Waals surface area (Å²) in [6.45, 7) is 0. The molecule has 0 fully saturated rings. The van der Waals surface area contributed by atoms with Crippen molar-refractivity contribution < 1.29 is 27.9 Å². The van der Waals surface area contributed by atoms with Crippen molar-refractivity contribution in [3.8, 4) is 16.9 Å². The van der Waals surface area contributed by atoms with E-state index in [0.717, 1.165) is 23.0 Å². The van der Waals surface area contributed by atoms with Crippen molar-refractivity contribution in [2.24, 2.45) is 5.73 Å². The molecule has 1 amide bonds. The van der Waals surface area contributed by atoms with Crippen molar-refractivity contribution in [1.29, 1.82) is 0 Å². The van der Waals surface area contributed by atoms with E-state index in [9.17, 15) is 22.8 Å². The van der Waals surface area contributed by atoms with Gasteiger partial charge in [-0.25, -0.2) is 14.5 Å². The second kappa shape index (κ2) is 9.70. The fourth-order valence-corrected chi connectivity index (χ4v) is 3.26. The van der Waals surface area contributed by atoms with Gasteiger partial charge < -0.3 is 16.2 Å². The maximum absolute atomic E-state index is 13.2. The van der Waals surface area contributed by atoms with Crippen molar-refractivity contribution in [1.82, 2.24) is 19.7 Å². The molecule has 0 aliphatic carbocycles. The van der Waals surface area contributed by atoms with E-state index < -0.39 is 23.7 Å². The molecule has 4 N–H and O–H groups in total. The zero-order valence-corrected chi connectivity index (χ0v) is 18.3. The van der Waals surface area contributed by atoms with Crippen molar-refractivity contribution in [3.63, 3.8) is 0 Å². The lowest BCUT2D eigenvalue weighted by Crippen LogP contribution is -2.11. The number of hydrogen-bond donors (Lipinski definition) is 3. The first-order valence-electron chi connectivity index (χ1n) is 10.3. The van der Waals surface area contributed by atoms with Gasteiger partial charge in [-0.15, -0.1) is 0 Å². The standard InChI is InChI=1S/C24H17F3N6O3/c25-24(26,27)19-9-10-33(32-19)22-18(15-4-1-3-14(11-15)7-8-20(34)35)13-29-23(31-22)30-17-6-2-5-16(12-17)21(28)36/h1-13H,(H2,28,36)(H,34,35)(H,29,30,31). The number of nitrogens with two attached hydrogens (primary N) is 1. The van der Waals surface area contributed by atoms with Crippen LogP contribution in [-0.2, 0) is 11.0 Å². The van der Waals surface area contributed by atoms with Gasteiger partial charge in [0.2, 0.25) is 11.9 Å². The molecule has 36 heavy (non-hydrogen) atoms. The molecule has 2 aromatic carbocycles. The third-order valence-corrected chi connectivity index (χ3v) is 4.88. The van der Waals surface area contributed by atoms with Crippen molar-refractivity contribution in [2.75, 3.05) is 5.32 Å². The topological polar surface area (TPSA) is 136 Å². The molecular weight excluding hydrogens is 477 g/mol. The molecule has 0 saturated heterocycles. The average molecular weight is 494 g/mol. The summed E-state index contributed by atoms with van der Waals surface area (Å²) in [7, 11) is 0. The molecule has 0 bridgehead atoms. The van der Waals surface area contributed by atoms with Crippen LogP contribution in [0.4, 0.5) is 24.8 Å². The van der Waals surface area contributed by atoms with Crippen LogP contribution < -0.4 is 11.1 Å². The molecule has 4 rings (SSSR count). The van der Waals surface area contributed by atoms with Crippen LogP contribution in [0.1, 0.15) is 21.6 Å². The van der Waals surface area contributed by atoms with Gasteiger partial charge in [0.15, 0.2) is 11.5 Å². The van der Waals surface area contributed by atoms with E-state index in [2.05, 4.69) is 20.4 Å². The average Bonchev–Trinajstić information content (AvgIpc) is 3.34. The van der Waals surface area contributed by atoms with Gasteiger partial charge in [0.05, 0.1) is 0 Å². The molecule has 0 atom stereocenters. The SMILES string of the molecule is NC(=O)c1cccc(Nc2ncc(-c3cccc(C=CC(=O)O)c3)c(-n3ccc(C(F)(F)F)n3)n2)c1. The summed E-state index contributed by atoms with van der Waals surface area (Å²) in [6, 6.07) is 13.7. The Morgan fingerprint density at radius 2 is 1.86 bits per heavy atom. The van der Waals surface area contributed by atoms with Gasteiger partial charge in [-0.05, 0) is 47.5 Å². The summed E-state index contributed by atoms with van der Waals surface area (Å²) >= 11 is 0. The molecule has 9 nitrogen and oxygen atoms in total. The Balaban J connectivity index is 1.80. The smallest absolute Gasteiger partial charge is 0.435 e. The Morgan fingerprint density at radius 3 is 2.56 bits per heavy atom. The number of halogens is 3. The lowest BCUT2D eigenvalue weighted by atomic mass is 10.0. The van der Waals surface area contributed by atoms with E-state index in [0.29, 0.717) is 22.4 Å². The second-order valence-electron chi connectivity index (χ2n) is 7.44.